The van der Waals surface area contributed by atoms with Crippen LogP contribution in [0.25, 0.3) is 33.5 Å². The molecule has 1 amide bonds. The third-order valence-corrected chi connectivity index (χ3v) is 7.13. The number of ether oxygens (including phenoxy) is 2. The van der Waals surface area contributed by atoms with Gasteiger partial charge in [0.2, 0.25) is 11.6 Å². The summed E-state index contributed by atoms with van der Waals surface area (Å²) in [6, 6.07) is 18.8. The number of para-hydroxylation sites is 2. The maximum Gasteiger partial charge on any atom is 0.312 e. The van der Waals surface area contributed by atoms with Crippen molar-refractivity contribution in [1.82, 2.24) is 14.6 Å². The van der Waals surface area contributed by atoms with Gasteiger partial charge in [0, 0.05) is 34.6 Å². The molecule has 0 unspecified atom stereocenters. The van der Waals surface area contributed by atoms with Gasteiger partial charge >= 0.3 is 5.69 Å². The van der Waals surface area contributed by atoms with Crippen molar-refractivity contribution in [2.24, 2.45) is 5.10 Å². The number of hydrogen-bond donors (Lipinski definition) is 0. The Kier molecular flexibility index (Phi) is 7.50. The molecule has 1 fully saturated rings. The summed E-state index contributed by atoms with van der Waals surface area (Å²) in [7, 11) is 0. The second kappa shape index (κ2) is 11.5. The van der Waals surface area contributed by atoms with Crippen molar-refractivity contribution < 1.29 is 23.6 Å². The fourth-order valence-corrected chi connectivity index (χ4v) is 5.09. The maximum absolute atomic E-state index is 13.6. The highest BCUT2D eigenvalue weighted by molar-refractivity contribution is 9.10. The number of aromatic nitrogens is 2. The molecule has 0 aliphatic carbocycles. The molecule has 0 spiro atoms. The minimum absolute atomic E-state index is 0.139. The van der Waals surface area contributed by atoms with E-state index in [-0.39, 0.29) is 28.7 Å². The number of hydrogen-bond acceptors (Lipinski definition) is 9. The molecule has 6 rings (SSSR count). The van der Waals surface area contributed by atoms with Gasteiger partial charge in [0.15, 0.2) is 12.4 Å². The van der Waals surface area contributed by atoms with Gasteiger partial charge in [-0.15, -0.1) is 0 Å². The first-order valence-electron chi connectivity index (χ1n) is 12.9. The van der Waals surface area contributed by atoms with Crippen LogP contribution in [0.15, 0.2) is 85.5 Å². The van der Waals surface area contributed by atoms with Crippen LogP contribution < -0.4 is 10.3 Å². The van der Waals surface area contributed by atoms with E-state index < -0.39 is 17.1 Å². The summed E-state index contributed by atoms with van der Waals surface area (Å²) in [4.78, 5) is 43.9. The van der Waals surface area contributed by atoms with E-state index in [1.54, 1.807) is 47.4 Å². The van der Waals surface area contributed by atoms with Gasteiger partial charge in [-0.1, -0.05) is 46.3 Å². The molecule has 13 heteroatoms. The first-order chi connectivity index (χ1) is 20.4. The number of furan rings is 1. The summed E-state index contributed by atoms with van der Waals surface area (Å²) in [5.41, 5.74) is 0.382. The highest BCUT2D eigenvalue weighted by Crippen LogP contribution is 2.34. The Hall–Kier alpha value is -4.88. The highest BCUT2D eigenvalue weighted by atomic mass is 79.9. The number of rotatable bonds is 7. The fourth-order valence-electron chi connectivity index (χ4n) is 4.63. The molecule has 0 radical (unpaired) electrons. The summed E-state index contributed by atoms with van der Waals surface area (Å²) < 4.78 is 18.5. The van der Waals surface area contributed by atoms with Crippen molar-refractivity contribution in [1.29, 1.82) is 0 Å². The number of amides is 1. The minimum Gasteiger partial charge on any atom is -0.476 e. The summed E-state index contributed by atoms with van der Waals surface area (Å²) in [6.45, 7) is 1.20. The molecule has 1 aliphatic rings. The van der Waals surface area contributed by atoms with E-state index in [1.807, 2.05) is 18.2 Å². The molecule has 0 atom stereocenters. The Balaban J connectivity index is 1.44. The second-order valence-electron chi connectivity index (χ2n) is 9.34. The third kappa shape index (κ3) is 5.39. The van der Waals surface area contributed by atoms with Gasteiger partial charge in [-0.25, -0.2) is 4.98 Å². The SMILES string of the molecule is O=C(COc1c(C=Nn2c(-c3cc4ccccc4o3)nc3ccccc3c2=O)cc(Br)cc1[N+](=O)[O-])N1CCOCC1. The number of nitrogens with zero attached hydrogens (tertiary/aromatic N) is 5. The van der Waals surface area contributed by atoms with Gasteiger partial charge in [0.25, 0.3) is 11.5 Å². The van der Waals surface area contributed by atoms with Gasteiger partial charge in [-0.3, -0.25) is 19.7 Å². The smallest absolute Gasteiger partial charge is 0.312 e. The number of morpholine rings is 1. The van der Waals surface area contributed by atoms with Gasteiger partial charge in [0.1, 0.15) is 5.58 Å². The lowest BCUT2D eigenvalue weighted by atomic mass is 10.2. The first-order valence-corrected chi connectivity index (χ1v) is 13.7. The number of halogens is 1. The number of benzene rings is 3. The molecule has 212 valence electrons. The second-order valence-corrected chi connectivity index (χ2v) is 10.3. The normalized spacial score (nSPS) is 13.7. The Morgan fingerprint density at radius 1 is 1.12 bits per heavy atom. The lowest BCUT2D eigenvalue weighted by molar-refractivity contribution is -0.385. The largest absolute Gasteiger partial charge is 0.476 e. The molecule has 0 N–H and O–H groups in total. The van der Waals surface area contributed by atoms with E-state index in [0.717, 1.165) is 10.1 Å². The minimum atomic E-state index is -0.611. The zero-order chi connectivity index (χ0) is 29.2. The number of nitro benzene ring substituents is 1. The zero-order valence-corrected chi connectivity index (χ0v) is 23.5. The van der Waals surface area contributed by atoms with Crippen LogP contribution in [0.3, 0.4) is 0 Å². The van der Waals surface area contributed by atoms with Crippen molar-refractivity contribution in [3.63, 3.8) is 0 Å². The van der Waals surface area contributed by atoms with Gasteiger partial charge < -0.3 is 18.8 Å². The summed E-state index contributed by atoms with van der Waals surface area (Å²) >= 11 is 3.30. The maximum atomic E-state index is 13.6. The van der Waals surface area contributed by atoms with Crippen LogP contribution in [0.4, 0.5) is 5.69 Å². The van der Waals surface area contributed by atoms with Crippen LogP contribution in [0.2, 0.25) is 0 Å². The number of carbonyl (C=O) groups is 1. The summed E-state index contributed by atoms with van der Waals surface area (Å²) in [5, 5.41) is 17.5. The van der Waals surface area contributed by atoms with Gasteiger partial charge in [-0.2, -0.15) is 9.78 Å². The molecule has 0 saturated carbocycles. The van der Waals surface area contributed by atoms with Crippen molar-refractivity contribution in [2.75, 3.05) is 32.9 Å². The van der Waals surface area contributed by atoms with E-state index in [2.05, 4.69) is 26.0 Å². The molecule has 42 heavy (non-hydrogen) atoms. The molecule has 0 bridgehead atoms. The van der Waals surface area contributed by atoms with Crippen LogP contribution in [-0.2, 0) is 9.53 Å². The van der Waals surface area contributed by atoms with E-state index >= 15 is 0 Å². The molecular weight excluding hydrogens is 610 g/mol. The fraction of sp³-hybridized carbons (Fsp3) is 0.172. The molecule has 12 nitrogen and oxygen atoms in total. The third-order valence-electron chi connectivity index (χ3n) is 6.68. The lowest BCUT2D eigenvalue weighted by Crippen LogP contribution is -2.43. The van der Waals surface area contributed by atoms with Gasteiger partial charge in [0.05, 0.1) is 35.3 Å². The average molecular weight is 632 g/mol. The van der Waals surface area contributed by atoms with E-state index in [9.17, 15) is 19.7 Å². The predicted molar refractivity (Wildman–Crippen MR) is 158 cm³/mol. The Bertz CT molecular complexity index is 1890. The van der Waals surface area contributed by atoms with Crippen LogP contribution >= 0.6 is 15.9 Å². The molecule has 3 heterocycles. The van der Waals surface area contributed by atoms with E-state index in [4.69, 9.17) is 13.9 Å². The Morgan fingerprint density at radius 3 is 2.67 bits per heavy atom. The van der Waals surface area contributed by atoms with E-state index in [1.165, 1.54) is 12.3 Å². The zero-order valence-electron chi connectivity index (χ0n) is 21.9. The monoisotopic (exact) mass is 631 g/mol. The first kappa shape index (κ1) is 27.3. The van der Waals surface area contributed by atoms with Crippen molar-refractivity contribution >= 4 is 55.6 Å². The molecule has 3 aromatic carbocycles. The Labute approximate surface area is 246 Å². The number of fused-ring (bicyclic) bond motifs is 2. The van der Waals surface area contributed by atoms with Crippen molar-refractivity contribution in [3.8, 4) is 17.3 Å². The van der Waals surface area contributed by atoms with Crippen LogP contribution in [-0.4, -0.2) is 64.5 Å². The summed E-state index contributed by atoms with van der Waals surface area (Å²) in [6.07, 6.45) is 1.26. The predicted octanol–water partition coefficient (Wildman–Crippen LogP) is 4.60. The standard InChI is InChI=1S/C29H22BrN5O7/c30-20-13-19(27(23(15-20)35(38)39)41-17-26(36)33-9-11-40-12-10-33)16-31-34-28(25-14-18-5-1-4-8-24(18)42-25)32-22-7-3-2-6-21(22)29(34)37/h1-8,13-16H,9-12,17H2. The Morgan fingerprint density at radius 2 is 1.88 bits per heavy atom. The molecule has 5 aromatic rings. The molecule has 1 saturated heterocycles. The quantitative estimate of drug-likeness (QED) is 0.144. The molecule has 1 aliphatic heterocycles. The van der Waals surface area contributed by atoms with Crippen LogP contribution in [0, 0.1) is 10.1 Å². The van der Waals surface area contributed by atoms with Gasteiger partial charge in [-0.05, 0) is 30.3 Å². The van der Waals surface area contributed by atoms with Crippen LogP contribution in [0.5, 0.6) is 5.75 Å². The summed E-state index contributed by atoms with van der Waals surface area (Å²) in [5.74, 6) is -0.0502. The number of nitro groups is 1. The van der Waals surface area contributed by atoms with Crippen molar-refractivity contribution in [3.05, 3.63) is 97.2 Å². The highest BCUT2D eigenvalue weighted by Gasteiger charge is 2.24. The number of carbonyl (C=O) groups excluding carboxylic acids is 1. The molecule has 2 aromatic heterocycles. The van der Waals surface area contributed by atoms with Crippen molar-refractivity contribution in [2.45, 2.75) is 0 Å². The molecular formula is C29H22BrN5O7. The topological polar surface area (TPSA) is 142 Å². The lowest BCUT2D eigenvalue weighted by Gasteiger charge is -2.26. The average Bonchev–Trinajstić information content (AvgIpc) is 3.44. The van der Waals surface area contributed by atoms with E-state index in [0.29, 0.717) is 53.0 Å². The van der Waals surface area contributed by atoms with Crippen LogP contribution in [0.1, 0.15) is 5.56 Å².